The molecule has 0 radical (unpaired) electrons. The van der Waals surface area contributed by atoms with E-state index in [1.165, 1.54) is 5.56 Å². The van der Waals surface area contributed by atoms with Crippen LogP contribution in [0.15, 0.2) is 53.0 Å². The highest BCUT2D eigenvalue weighted by Gasteiger charge is 2.07. The van der Waals surface area contributed by atoms with E-state index in [2.05, 4.69) is 41.2 Å². The molecular weight excluding hydrogens is 370 g/mol. The van der Waals surface area contributed by atoms with Crippen molar-refractivity contribution in [2.75, 3.05) is 19.8 Å². The van der Waals surface area contributed by atoms with Gasteiger partial charge in [0.2, 0.25) is 0 Å². The van der Waals surface area contributed by atoms with E-state index in [9.17, 15) is 4.79 Å². The summed E-state index contributed by atoms with van der Waals surface area (Å²) in [6.45, 7) is 5.11. The number of rotatable bonds is 8. The number of para-hydroxylation sites is 1. The third kappa shape index (κ3) is 5.89. The average molecular weight is 392 g/mol. The van der Waals surface area contributed by atoms with Crippen LogP contribution in [0, 0.1) is 0 Å². The number of carbonyl (C=O) groups excluding carboxylic acids is 1. The van der Waals surface area contributed by atoms with Gasteiger partial charge in [-0.15, -0.1) is 0 Å². The molecule has 4 nitrogen and oxygen atoms in total. The van der Waals surface area contributed by atoms with Gasteiger partial charge in [0.05, 0.1) is 6.54 Å². The lowest BCUT2D eigenvalue weighted by Gasteiger charge is -2.14. The minimum absolute atomic E-state index is 0.00971. The van der Waals surface area contributed by atoms with Gasteiger partial charge in [-0.25, -0.2) is 0 Å². The number of benzene rings is 2. The van der Waals surface area contributed by atoms with Crippen LogP contribution < -0.4 is 14.8 Å². The fourth-order valence-corrected chi connectivity index (χ4v) is 2.44. The Kier molecular flexibility index (Phi) is 7.12. The molecule has 2 aromatic rings. The van der Waals surface area contributed by atoms with Gasteiger partial charge in [-0.2, -0.15) is 0 Å². The second-order valence-corrected chi connectivity index (χ2v) is 6.55. The van der Waals surface area contributed by atoms with Crippen LogP contribution in [0.1, 0.15) is 25.3 Å². The lowest BCUT2D eigenvalue weighted by molar-refractivity contribution is -0.123. The maximum absolute atomic E-state index is 11.8. The molecule has 1 amide bonds. The Morgan fingerprint density at radius 2 is 1.79 bits per heavy atom. The monoisotopic (exact) mass is 391 g/mol. The molecule has 0 saturated heterocycles. The number of hydrogen-bond acceptors (Lipinski definition) is 3. The first kappa shape index (κ1) is 18.3. The molecule has 0 aliphatic heterocycles. The number of ether oxygens (including phenoxy) is 2. The predicted octanol–water partition coefficient (Wildman–Crippen LogP) is 4.15. The van der Waals surface area contributed by atoms with Crippen LogP contribution in [-0.2, 0) is 4.79 Å². The van der Waals surface area contributed by atoms with Gasteiger partial charge in [0, 0.05) is 4.47 Å². The van der Waals surface area contributed by atoms with Crippen molar-refractivity contribution < 1.29 is 14.3 Å². The molecule has 24 heavy (non-hydrogen) atoms. The van der Waals surface area contributed by atoms with Crippen LogP contribution in [-0.4, -0.2) is 25.7 Å². The second-order valence-electron chi connectivity index (χ2n) is 5.63. The smallest absolute Gasteiger partial charge is 0.258 e. The highest BCUT2D eigenvalue weighted by atomic mass is 79.9. The van der Waals surface area contributed by atoms with E-state index in [1.54, 1.807) is 0 Å². The van der Waals surface area contributed by atoms with Gasteiger partial charge in [0.15, 0.2) is 6.61 Å². The lowest BCUT2D eigenvalue weighted by atomic mass is 10.0. The first-order valence-corrected chi connectivity index (χ1v) is 8.72. The molecule has 0 unspecified atom stereocenters. The molecule has 5 heteroatoms. The lowest BCUT2D eigenvalue weighted by Crippen LogP contribution is -2.32. The van der Waals surface area contributed by atoms with Crippen molar-refractivity contribution in [1.82, 2.24) is 5.32 Å². The van der Waals surface area contributed by atoms with E-state index in [0.717, 1.165) is 10.2 Å². The highest BCUT2D eigenvalue weighted by Crippen LogP contribution is 2.25. The van der Waals surface area contributed by atoms with Crippen LogP contribution >= 0.6 is 15.9 Å². The number of carbonyl (C=O) groups is 1. The van der Waals surface area contributed by atoms with Gasteiger partial charge in [-0.1, -0.05) is 48.0 Å². The summed E-state index contributed by atoms with van der Waals surface area (Å²) in [4.78, 5) is 11.8. The number of amides is 1. The molecule has 2 rings (SSSR count). The highest BCUT2D eigenvalue weighted by molar-refractivity contribution is 9.10. The zero-order valence-corrected chi connectivity index (χ0v) is 15.5. The van der Waals surface area contributed by atoms with Crippen molar-refractivity contribution in [1.29, 1.82) is 0 Å². The molecule has 0 heterocycles. The summed E-state index contributed by atoms with van der Waals surface area (Å²) in [6.07, 6.45) is 0. The van der Waals surface area contributed by atoms with Crippen LogP contribution in [0.4, 0.5) is 0 Å². The van der Waals surface area contributed by atoms with Crippen LogP contribution in [0.3, 0.4) is 0 Å². The Balaban J connectivity index is 1.69. The fourth-order valence-electron chi connectivity index (χ4n) is 2.17. The molecule has 2 aromatic carbocycles. The first-order valence-electron chi connectivity index (χ1n) is 7.93. The Bertz CT molecular complexity index is 656. The Hall–Kier alpha value is -2.01. The Morgan fingerprint density at radius 1 is 1.08 bits per heavy atom. The summed E-state index contributed by atoms with van der Waals surface area (Å²) in [5, 5.41) is 2.79. The molecule has 0 aliphatic carbocycles. The fraction of sp³-hybridized carbons (Fsp3) is 0.316. The third-order valence-corrected chi connectivity index (χ3v) is 3.94. The summed E-state index contributed by atoms with van der Waals surface area (Å²) >= 11 is 3.35. The van der Waals surface area contributed by atoms with Crippen LogP contribution in [0.25, 0.3) is 0 Å². The maximum Gasteiger partial charge on any atom is 0.258 e. The summed E-state index contributed by atoms with van der Waals surface area (Å²) in [5.41, 5.74) is 1.17. The SMILES string of the molecule is CC(C)c1ccccc1OCCNC(=O)COc1ccc(Br)cc1. The predicted molar refractivity (Wildman–Crippen MR) is 98.7 cm³/mol. The molecule has 0 aromatic heterocycles. The summed E-state index contributed by atoms with van der Waals surface area (Å²) < 4.78 is 12.1. The van der Waals surface area contributed by atoms with Gasteiger partial charge in [0.1, 0.15) is 18.1 Å². The van der Waals surface area contributed by atoms with Crippen LogP contribution in [0.5, 0.6) is 11.5 Å². The quantitative estimate of drug-likeness (QED) is 0.687. The van der Waals surface area contributed by atoms with E-state index in [1.807, 2.05) is 42.5 Å². The van der Waals surface area contributed by atoms with Gasteiger partial charge in [0.25, 0.3) is 5.91 Å². The molecule has 1 N–H and O–H groups in total. The third-order valence-electron chi connectivity index (χ3n) is 3.41. The molecule has 128 valence electrons. The number of hydrogen-bond donors (Lipinski definition) is 1. The summed E-state index contributed by atoms with van der Waals surface area (Å²) in [5.74, 6) is 1.76. The van der Waals surface area contributed by atoms with Gasteiger partial charge in [-0.3, -0.25) is 4.79 Å². The standard InChI is InChI=1S/C19H22BrNO3/c1-14(2)17-5-3-4-6-18(17)23-12-11-21-19(22)13-24-16-9-7-15(20)8-10-16/h3-10,14H,11-13H2,1-2H3,(H,21,22). The van der Waals surface area contributed by atoms with Crippen molar-refractivity contribution >= 4 is 21.8 Å². The molecule has 0 atom stereocenters. The molecule has 0 saturated carbocycles. The van der Waals surface area contributed by atoms with E-state index < -0.39 is 0 Å². The molecule has 0 fully saturated rings. The number of halogens is 1. The zero-order valence-electron chi connectivity index (χ0n) is 13.9. The second kappa shape index (κ2) is 9.33. The minimum Gasteiger partial charge on any atom is -0.491 e. The Morgan fingerprint density at radius 3 is 2.50 bits per heavy atom. The van der Waals surface area contributed by atoms with Gasteiger partial charge >= 0.3 is 0 Å². The summed E-state index contributed by atoms with van der Waals surface area (Å²) in [7, 11) is 0. The van der Waals surface area contributed by atoms with E-state index in [0.29, 0.717) is 24.8 Å². The zero-order chi connectivity index (χ0) is 17.4. The van der Waals surface area contributed by atoms with Crippen molar-refractivity contribution in [3.8, 4) is 11.5 Å². The molecule has 0 aliphatic rings. The van der Waals surface area contributed by atoms with Crippen molar-refractivity contribution in [3.05, 3.63) is 58.6 Å². The topological polar surface area (TPSA) is 47.6 Å². The molecular formula is C19H22BrNO3. The van der Waals surface area contributed by atoms with Crippen molar-refractivity contribution in [2.45, 2.75) is 19.8 Å². The van der Waals surface area contributed by atoms with E-state index >= 15 is 0 Å². The normalized spacial score (nSPS) is 10.5. The van der Waals surface area contributed by atoms with E-state index in [-0.39, 0.29) is 12.5 Å². The van der Waals surface area contributed by atoms with Gasteiger partial charge < -0.3 is 14.8 Å². The van der Waals surface area contributed by atoms with E-state index in [4.69, 9.17) is 9.47 Å². The largest absolute Gasteiger partial charge is 0.491 e. The maximum atomic E-state index is 11.8. The summed E-state index contributed by atoms with van der Waals surface area (Å²) in [6, 6.07) is 15.3. The Labute approximate surface area is 151 Å². The van der Waals surface area contributed by atoms with Crippen molar-refractivity contribution in [2.24, 2.45) is 0 Å². The first-order chi connectivity index (χ1) is 11.6. The van der Waals surface area contributed by atoms with Crippen molar-refractivity contribution in [3.63, 3.8) is 0 Å². The average Bonchev–Trinajstić information content (AvgIpc) is 2.58. The number of nitrogens with one attached hydrogen (secondary N) is 1. The molecule has 0 spiro atoms. The minimum atomic E-state index is -0.168. The van der Waals surface area contributed by atoms with Gasteiger partial charge in [-0.05, 0) is 41.8 Å². The molecule has 0 bridgehead atoms. The van der Waals surface area contributed by atoms with Crippen LogP contribution in [0.2, 0.25) is 0 Å².